The molecule has 1 amide bonds. The molecule has 1 heterocycles. The lowest BCUT2D eigenvalue weighted by atomic mass is 10.0. The zero-order chi connectivity index (χ0) is 11.7. The van der Waals surface area contributed by atoms with Crippen LogP contribution in [0.15, 0.2) is 12.1 Å². The molecule has 0 aromatic heterocycles. The van der Waals surface area contributed by atoms with Gasteiger partial charge in [0.1, 0.15) is 0 Å². The van der Waals surface area contributed by atoms with Crippen LogP contribution in [0.1, 0.15) is 34.3 Å². The average molecular weight is 218 g/mol. The van der Waals surface area contributed by atoms with Crippen molar-refractivity contribution in [3.8, 4) is 0 Å². The largest absolute Gasteiger partial charge is 0.398 e. The van der Waals surface area contributed by atoms with Crippen molar-refractivity contribution in [2.24, 2.45) is 0 Å². The van der Waals surface area contributed by atoms with Gasteiger partial charge in [0.2, 0.25) is 0 Å². The van der Waals surface area contributed by atoms with Gasteiger partial charge in [-0.3, -0.25) is 4.79 Å². The van der Waals surface area contributed by atoms with E-state index in [1.165, 1.54) is 0 Å². The van der Waals surface area contributed by atoms with Gasteiger partial charge in [-0.25, -0.2) is 0 Å². The van der Waals surface area contributed by atoms with E-state index in [1.54, 1.807) is 0 Å². The van der Waals surface area contributed by atoms with Gasteiger partial charge in [0.15, 0.2) is 0 Å². The summed E-state index contributed by atoms with van der Waals surface area (Å²) in [6.45, 7) is 5.69. The summed E-state index contributed by atoms with van der Waals surface area (Å²) in [5.74, 6) is 0.127. The van der Waals surface area contributed by atoms with Gasteiger partial charge >= 0.3 is 0 Å². The Morgan fingerprint density at radius 3 is 2.44 bits per heavy atom. The number of carbonyl (C=O) groups is 1. The van der Waals surface area contributed by atoms with E-state index in [1.807, 2.05) is 30.9 Å². The third-order valence-electron chi connectivity index (χ3n) is 3.24. The molecule has 1 saturated heterocycles. The molecule has 1 aromatic carbocycles. The number of hydrogen-bond acceptors (Lipinski definition) is 2. The fraction of sp³-hybridized carbons (Fsp3) is 0.462. The number of hydrogen-bond donors (Lipinski definition) is 1. The number of benzene rings is 1. The minimum atomic E-state index is 0.127. The topological polar surface area (TPSA) is 46.3 Å². The molecule has 16 heavy (non-hydrogen) atoms. The summed E-state index contributed by atoms with van der Waals surface area (Å²) < 4.78 is 0. The summed E-state index contributed by atoms with van der Waals surface area (Å²) in [6, 6.07) is 3.80. The summed E-state index contributed by atoms with van der Waals surface area (Å²) in [4.78, 5) is 14.1. The summed E-state index contributed by atoms with van der Waals surface area (Å²) in [6.07, 6.45) is 2.23. The molecule has 0 spiro atoms. The van der Waals surface area contributed by atoms with Gasteiger partial charge in [-0.05, 0) is 43.9 Å². The molecule has 0 atom stereocenters. The highest BCUT2D eigenvalue weighted by atomic mass is 16.2. The number of anilines is 1. The van der Waals surface area contributed by atoms with E-state index in [2.05, 4.69) is 0 Å². The average Bonchev–Trinajstić information content (AvgIpc) is 2.75. The lowest BCUT2D eigenvalue weighted by Gasteiger charge is -2.17. The molecular formula is C13H18N2O. The van der Waals surface area contributed by atoms with Crippen LogP contribution < -0.4 is 5.73 Å². The van der Waals surface area contributed by atoms with Crippen molar-refractivity contribution in [2.45, 2.75) is 26.7 Å². The van der Waals surface area contributed by atoms with Crippen LogP contribution in [-0.4, -0.2) is 23.9 Å². The molecule has 3 heteroatoms. The quantitative estimate of drug-likeness (QED) is 0.734. The first kappa shape index (κ1) is 11.0. The number of carbonyl (C=O) groups excluding carboxylic acids is 1. The molecule has 0 saturated carbocycles. The lowest BCUT2D eigenvalue weighted by molar-refractivity contribution is 0.0792. The van der Waals surface area contributed by atoms with Crippen LogP contribution in [0.3, 0.4) is 0 Å². The van der Waals surface area contributed by atoms with Crippen molar-refractivity contribution in [3.63, 3.8) is 0 Å². The number of nitrogens with zero attached hydrogens (tertiary/aromatic N) is 1. The predicted octanol–water partition coefficient (Wildman–Crippen LogP) is 2.12. The van der Waals surface area contributed by atoms with Crippen molar-refractivity contribution < 1.29 is 4.79 Å². The number of nitrogens with two attached hydrogens (primary N) is 1. The molecular weight excluding hydrogens is 200 g/mol. The fourth-order valence-electron chi connectivity index (χ4n) is 2.19. The summed E-state index contributed by atoms with van der Waals surface area (Å²) in [7, 11) is 0. The monoisotopic (exact) mass is 218 g/mol. The molecule has 86 valence electrons. The van der Waals surface area contributed by atoms with E-state index in [-0.39, 0.29) is 5.91 Å². The lowest BCUT2D eigenvalue weighted by Crippen LogP contribution is -2.28. The predicted molar refractivity (Wildman–Crippen MR) is 65.5 cm³/mol. The van der Waals surface area contributed by atoms with E-state index in [4.69, 9.17) is 5.73 Å². The summed E-state index contributed by atoms with van der Waals surface area (Å²) >= 11 is 0. The second kappa shape index (κ2) is 4.16. The zero-order valence-corrected chi connectivity index (χ0v) is 9.92. The van der Waals surface area contributed by atoms with E-state index < -0.39 is 0 Å². The van der Waals surface area contributed by atoms with Crippen molar-refractivity contribution in [3.05, 3.63) is 28.8 Å². The molecule has 2 N–H and O–H groups in total. The Kier molecular flexibility index (Phi) is 2.86. The maximum absolute atomic E-state index is 12.2. The minimum Gasteiger partial charge on any atom is -0.398 e. The smallest absolute Gasteiger partial charge is 0.254 e. The number of nitrogen functional groups attached to an aromatic ring is 1. The first-order valence-electron chi connectivity index (χ1n) is 5.75. The highest BCUT2D eigenvalue weighted by Gasteiger charge is 2.21. The van der Waals surface area contributed by atoms with Crippen LogP contribution in [0.5, 0.6) is 0 Å². The van der Waals surface area contributed by atoms with Crippen LogP contribution in [0, 0.1) is 13.8 Å². The Labute approximate surface area is 96.2 Å². The molecule has 0 unspecified atom stereocenters. The standard InChI is InChI=1S/C13H18N2O/c1-9-7-10(2)12(14)8-11(9)13(16)15-5-3-4-6-15/h7-8H,3-6,14H2,1-2H3. The van der Waals surface area contributed by atoms with Crippen LogP contribution in [0.25, 0.3) is 0 Å². The Bertz CT molecular complexity index is 420. The van der Waals surface area contributed by atoms with Crippen LogP contribution in [-0.2, 0) is 0 Å². The summed E-state index contributed by atoms with van der Waals surface area (Å²) in [5.41, 5.74) is 9.37. The maximum Gasteiger partial charge on any atom is 0.254 e. The first-order valence-corrected chi connectivity index (χ1v) is 5.75. The van der Waals surface area contributed by atoms with Gasteiger partial charge in [0.25, 0.3) is 5.91 Å². The molecule has 1 fully saturated rings. The molecule has 2 rings (SSSR count). The van der Waals surface area contributed by atoms with Gasteiger partial charge in [0.05, 0.1) is 0 Å². The van der Waals surface area contributed by atoms with Crippen molar-refractivity contribution in [1.82, 2.24) is 4.90 Å². The van der Waals surface area contributed by atoms with E-state index in [0.29, 0.717) is 5.69 Å². The molecule has 3 nitrogen and oxygen atoms in total. The zero-order valence-electron chi connectivity index (χ0n) is 9.92. The molecule has 0 aliphatic carbocycles. The van der Waals surface area contributed by atoms with E-state index in [0.717, 1.165) is 42.6 Å². The molecule has 0 radical (unpaired) electrons. The molecule has 1 aliphatic heterocycles. The van der Waals surface area contributed by atoms with Crippen molar-refractivity contribution in [1.29, 1.82) is 0 Å². The number of rotatable bonds is 1. The highest BCUT2D eigenvalue weighted by molar-refractivity contribution is 5.96. The second-order valence-electron chi connectivity index (χ2n) is 4.52. The molecule has 1 aliphatic rings. The van der Waals surface area contributed by atoms with Gasteiger partial charge in [-0.15, -0.1) is 0 Å². The number of likely N-dealkylation sites (tertiary alicyclic amines) is 1. The second-order valence-corrected chi connectivity index (χ2v) is 4.52. The van der Waals surface area contributed by atoms with Gasteiger partial charge in [-0.1, -0.05) is 6.07 Å². The highest BCUT2D eigenvalue weighted by Crippen LogP contribution is 2.21. The number of aryl methyl sites for hydroxylation is 2. The Hall–Kier alpha value is -1.51. The van der Waals surface area contributed by atoms with Gasteiger partial charge in [0, 0.05) is 24.3 Å². The molecule has 1 aromatic rings. The van der Waals surface area contributed by atoms with Crippen LogP contribution in [0.4, 0.5) is 5.69 Å². The van der Waals surface area contributed by atoms with Gasteiger partial charge < -0.3 is 10.6 Å². The van der Waals surface area contributed by atoms with E-state index in [9.17, 15) is 4.79 Å². The Morgan fingerprint density at radius 2 is 1.81 bits per heavy atom. The Morgan fingerprint density at radius 1 is 1.19 bits per heavy atom. The Balaban J connectivity index is 2.32. The van der Waals surface area contributed by atoms with Crippen LogP contribution in [0.2, 0.25) is 0 Å². The first-order chi connectivity index (χ1) is 7.59. The van der Waals surface area contributed by atoms with Gasteiger partial charge in [-0.2, -0.15) is 0 Å². The SMILES string of the molecule is Cc1cc(C)c(C(=O)N2CCCC2)cc1N. The third kappa shape index (κ3) is 1.90. The van der Waals surface area contributed by atoms with Crippen molar-refractivity contribution >= 4 is 11.6 Å². The summed E-state index contributed by atoms with van der Waals surface area (Å²) in [5, 5.41) is 0. The third-order valence-corrected chi connectivity index (χ3v) is 3.24. The normalized spacial score (nSPS) is 15.5. The maximum atomic E-state index is 12.2. The van der Waals surface area contributed by atoms with Crippen LogP contribution >= 0.6 is 0 Å². The fourth-order valence-corrected chi connectivity index (χ4v) is 2.19. The minimum absolute atomic E-state index is 0.127. The number of amides is 1. The van der Waals surface area contributed by atoms with E-state index >= 15 is 0 Å². The van der Waals surface area contributed by atoms with Crippen molar-refractivity contribution in [2.75, 3.05) is 18.8 Å². The molecule has 0 bridgehead atoms.